The van der Waals surface area contributed by atoms with E-state index >= 15 is 0 Å². The van der Waals surface area contributed by atoms with Gasteiger partial charge in [-0.15, -0.1) is 0 Å². The highest BCUT2D eigenvalue weighted by atomic mass is 35.5. The molecule has 1 aliphatic heterocycles. The van der Waals surface area contributed by atoms with Gasteiger partial charge in [0.05, 0.1) is 29.8 Å². The second-order valence-electron chi connectivity index (χ2n) is 7.08. The second-order valence-corrected chi connectivity index (χ2v) is 9.43. The lowest BCUT2D eigenvalue weighted by atomic mass is 10.1. The Morgan fingerprint density at radius 3 is 2.33 bits per heavy atom. The number of nitrogens with one attached hydrogen (secondary N) is 1. The first-order chi connectivity index (χ1) is 14.3. The van der Waals surface area contributed by atoms with Crippen LogP contribution in [0.25, 0.3) is 0 Å². The van der Waals surface area contributed by atoms with Crippen LogP contribution < -0.4 is 14.8 Å². The molecule has 7 nitrogen and oxygen atoms in total. The molecule has 2 aromatic rings. The monoisotopic (exact) mass is 452 g/mol. The third-order valence-electron chi connectivity index (χ3n) is 5.13. The fourth-order valence-corrected chi connectivity index (χ4v) is 5.18. The number of amides is 1. The average molecular weight is 453 g/mol. The van der Waals surface area contributed by atoms with E-state index < -0.39 is 15.9 Å². The number of hydrogen-bond donors (Lipinski definition) is 1. The summed E-state index contributed by atoms with van der Waals surface area (Å²) in [5, 5.41) is 3.11. The molecule has 3 rings (SSSR count). The lowest BCUT2D eigenvalue weighted by Gasteiger charge is -2.26. The van der Waals surface area contributed by atoms with Crippen LogP contribution in [0.15, 0.2) is 35.2 Å². The van der Waals surface area contributed by atoms with E-state index in [1.165, 1.54) is 24.6 Å². The van der Waals surface area contributed by atoms with E-state index in [-0.39, 0.29) is 10.5 Å². The molecule has 0 radical (unpaired) electrons. The van der Waals surface area contributed by atoms with E-state index in [1.807, 2.05) is 0 Å². The third-order valence-corrected chi connectivity index (χ3v) is 7.32. The molecule has 2 aromatic carbocycles. The predicted octanol–water partition coefficient (Wildman–Crippen LogP) is 4.09. The summed E-state index contributed by atoms with van der Waals surface area (Å²) in [5.74, 6) is 0.292. The number of ether oxygens (including phenoxy) is 2. The number of aryl methyl sites for hydroxylation is 1. The Balaban J connectivity index is 1.93. The van der Waals surface area contributed by atoms with E-state index in [9.17, 15) is 13.2 Å². The summed E-state index contributed by atoms with van der Waals surface area (Å²) in [6.45, 7) is 2.75. The predicted molar refractivity (Wildman–Crippen MR) is 116 cm³/mol. The van der Waals surface area contributed by atoms with Gasteiger partial charge in [-0.1, -0.05) is 24.1 Å². The summed E-state index contributed by atoms with van der Waals surface area (Å²) >= 11 is 6.11. The molecule has 0 aromatic heterocycles. The molecule has 162 valence electrons. The number of halogens is 1. The van der Waals surface area contributed by atoms with Crippen LogP contribution >= 0.6 is 11.6 Å². The van der Waals surface area contributed by atoms with Crippen molar-refractivity contribution < 1.29 is 22.7 Å². The minimum atomic E-state index is -3.65. The van der Waals surface area contributed by atoms with Crippen LogP contribution in [0.2, 0.25) is 5.02 Å². The smallest absolute Gasteiger partial charge is 0.256 e. The van der Waals surface area contributed by atoms with Gasteiger partial charge in [-0.3, -0.25) is 4.79 Å². The fourth-order valence-electron chi connectivity index (χ4n) is 3.41. The van der Waals surface area contributed by atoms with Crippen molar-refractivity contribution in [2.75, 3.05) is 32.6 Å². The van der Waals surface area contributed by atoms with E-state index in [4.69, 9.17) is 21.1 Å². The lowest BCUT2D eigenvalue weighted by molar-refractivity contribution is 0.102. The topological polar surface area (TPSA) is 84.9 Å². The van der Waals surface area contributed by atoms with Gasteiger partial charge in [0.15, 0.2) is 0 Å². The van der Waals surface area contributed by atoms with Crippen molar-refractivity contribution in [3.05, 3.63) is 46.5 Å². The molecule has 1 amide bonds. The Morgan fingerprint density at radius 1 is 1.03 bits per heavy atom. The molecule has 30 heavy (non-hydrogen) atoms. The fraction of sp³-hybridized carbons (Fsp3) is 0.381. The highest BCUT2D eigenvalue weighted by Gasteiger charge is 2.27. The minimum absolute atomic E-state index is 0.112. The van der Waals surface area contributed by atoms with Crippen molar-refractivity contribution in [2.24, 2.45) is 0 Å². The highest BCUT2D eigenvalue weighted by Crippen LogP contribution is 2.36. The van der Waals surface area contributed by atoms with Crippen LogP contribution in [0.4, 0.5) is 5.69 Å². The Labute approximate surface area is 182 Å². The zero-order chi connectivity index (χ0) is 21.9. The summed E-state index contributed by atoms with van der Waals surface area (Å²) < 4.78 is 38.0. The molecule has 9 heteroatoms. The van der Waals surface area contributed by atoms with Gasteiger partial charge in [-0.2, -0.15) is 4.31 Å². The van der Waals surface area contributed by atoms with E-state index in [2.05, 4.69) is 5.32 Å². The van der Waals surface area contributed by atoms with Crippen LogP contribution in [-0.2, 0) is 10.0 Å². The number of anilines is 1. The van der Waals surface area contributed by atoms with Crippen molar-refractivity contribution in [2.45, 2.75) is 31.1 Å². The molecule has 1 heterocycles. The maximum absolute atomic E-state index is 13.0. The molecule has 1 saturated heterocycles. The quantitative estimate of drug-likeness (QED) is 0.713. The van der Waals surface area contributed by atoms with Crippen molar-refractivity contribution in [3.63, 3.8) is 0 Å². The summed E-state index contributed by atoms with van der Waals surface area (Å²) in [7, 11) is -0.712. The van der Waals surface area contributed by atoms with Gasteiger partial charge in [0, 0.05) is 30.8 Å². The number of sulfonamides is 1. The number of carbonyl (C=O) groups is 1. The molecule has 1 N–H and O–H groups in total. The van der Waals surface area contributed by atoms with Gasteiger partial charge in [0.25, 0.3) is 5.91 Å². The first kappa shape index (κ1) is 22.4. The lowest BCUT2D eigenvalue weighted by Crippen LogP contribution is -2.35. The van der Waals surface area contributed by atoms with E-state index in [0.717, 1.165) is 19.3 Å². The van der Waals surface area contributed by atoms with Crippen LogP contribution in [0.5, 0.6) is 11.5 Å². The maximum atomic E-state index is 13.0. The summed E-state index contributed by atoms with van der Waals surface area (Å²) in [6.07, 6.45) is 2.72. The summed E-state index contributed by atoms with van der Waals surface area (Å²) in [4.78, 5) is 13.1. The summed E-state index contributed by atoms with van der Waals surface area (Å²) in [6, 6.07) is 7.71. The number of piperidine rings is 1. The van der Waals surface area contributed by atoms with Crippen LogP contribution in [0, 0.1) is 6.92 Å². The molecular weight excluding hydrogens is 428 g/mol. The molecule has 0 atom stereocenters. The average Bonchev–Trinajstić information content (AvgIpc) is 2.75. The zero-order valence-corrected chi connectivity index (χ0v) is 18.8. The SMILES string of the molecule is COc1cc(NC(=O)c2cc(S(=O)(=O)N3CCCCC3)ccc2C)c(OC)cc1Cl. The van der Waals surface area contributed by atoms with Gasteiger partial charge in [-0.05, 0) is 37.5 Å². The summed E-state index contributed by atoms with van der Waals surface area (Å²) in [5.41, 5.74) is 1.29. The molecule has 0 unspecified atom stereocenters. The number of hydrogen-bond acceptors (Lipinski definition) is 5. The van der Waals surface area contributed by atoms with E-state index in [0.29, 0.717) is 40.9 Å². The third kappa shape index (κ3) is 4.55. The van der Waals surface area contributed by atoms with Crippen molar-refractivity contribution in [1.82, 2.24) is 4.31 Å². The van der Waals surface area contributed by atoms with Crippen molar-refractivity contribution in [3.8, 4) is 11.5 Å². The zero-order valence-electron chi connectivity index (χ0n) is 17.2. The number of methoxy groups -OCH3 is 2. The molecule has 1 fully saturated rings. The minimum Gasteiger partial charge on any atom is -0.495 e. The normalized spacial score (nSPS) is 14.9. The number of nitrogens with zero attached hydrogens (tertiary/aromatic N) is 1. The number of benzene rings is 2. The second kappa shape index (κ2) is 9.24. The Hall–Kier alpha value is -2.29. The highest BCUT2D eigenvalue weighted by molar-refractivity contribution is 7.89. The molecule has 0 bridgehead atoms. The number of rotatable bonds is 6. The first-order valence-electron chi connectivity index (χ1n) is 9.61. The van der Waals surface area contributed by atoms with Crippen molar-refractivity contribution in [1.29, 1.82) is 0 Å². The standard InChI is InChI=1S/C21H25ClN2O5S/c1-14-7-8-15(30(26,27)24-9-5-4-6-10-24)11-16(14)21(25)23-18-13-19(28-2)17(22)12-20(18)29-3/h7-8,11-13H,4-6,9-10H2,1-3H3,(H,23,25). The number of carbonyl (C=O) groups excluding carboxylic acids is 1. The van der Waals surface area contributed by atoms with Crippen molar-refractivity contribution >= 4 is 33.2 Å². The van der Waals surface area contributed by atoms with Gasteiger partial charge in [0.2, 0.25) is 10.0 Å². The molecular formula is C21H25ClN2O5S. The Bertz CT molecular complexity index is 1050. The molecule has 0 spiro atoms. The Kier molecular flexibility index (Phi) is 6.90. The van der Waals surface area contributed by atoms with Gasteiger partial charge >= 0.3 is 0 Å². The molecule has 0 aliphatic carbocycles. The first-order valence-corrected chi connectivity index (χ1v) is 11.4. The Morgan fingerprint density at radius 2 is 1.70 bits per heavy atom. The largest absolute Gasteiger partial charge is 0.495 e. The molecule has 1 aliphatic rings. The van der Waals surface area contributed by atoms with Crippen LogP contribution in [0.3, 0.4) is 0 Å². The van der Waals surface area contributed by atoms with E-state index in [1.54, 1.807) is 31.2 Å². The maximum Gasteiger partial charge on any atom is 0.256 e. The van der Waals surface area contributed by atoms with Crippen LogP contribution in [0.1, 0.15) is 35.2 Å². The van der Waals surface area contributed by atoms with Gasteiger partial charge < -0.3 is 14.8 Å². The van der Waals surface area contributed by atoms with Crippen LogP contribution in [-0.4, -0.2) is 45.9 Å². The van der Waals surface area contributed by atoms with Gasteiger partial charge in [0.1, 0.15) is 11.5 Å². The van der Waals surface area contributed by atoms with Gasteiger partial charge in [-0.25, -0.2) is 8.42 Å². The molecule has 0 saturated carbocycles.